The molecule has 0 aromatic carbocycles. The van der Waals surface area contributed by atoms with Crippen LogP contribution in [0.2, 0.25) is 0 Å². The first kappa shape index (κ1) is 44.8. The Morgan fingerprint density at radius 3 is 1.07 bits per heavy atom. The van der Waals surface area contributed by atoms with Crippen molar-refractivity contribution in [3.05, 3.63) is 0 Å². The van der Waals surface area contributed by atoms with Crippen molar-refractivity contribution in [3.8, 4) is 0 Å². The maximum absolute atomic E-state index is 12.2. The molecule has 0 spiro atoms. The zero-order chi connectivity index (χ0) is 34.4. The number of amides is 2. The molecule has 3 N–H and O–H groups in total. The second-order valence-corrected chi connectivity index (χ2v) is 15.6. The van der Waals surface area contributed by atoms with Gasteiger partial charge in [0.25, 0.3) is 0 Å². The number of carbonyl (C=O) groups is 2. The van der Waals surface area contributed by atoms with Gasteiger partial charge in [-0.3, -0.25) is 9.59 Å². The first-order valence-electron chi connectivity index (χ1n) is 19.9. The Kier molecular flexibility index (Phi) is 29.2. The van der Waals surface area contributed by atoms with Gasteiger partial charge in [0.15, 0.2) is 6.10 Å². The number of nitrogens with one attached hydrogen (secondary N) is 2. The van der Waals surface area contributed by atoms with Gasteiger partial charge in [0, 0.05) is 38.8 Å². The standard InChI is InChI=1S/C39H80N4O3/c1-7-9-11-13-15-17-19-21-23-25-29-38(45)40-31-27-33-42(3,4)35-37(44)36-43(5,6)34-28-32-41-39(46)30-26-24-22-20-18-16-14-12-10-8-2/h37,44H,7-36H2,1-6H3/p+2. The molecule has 7 nitrogen and oxygen atoms in total. The zero-order valence-corrected chi connectivity index (χ0v) is 31.9. The summed E-state index contributed by atoms with van der Waals surface area (Å²) in [6.45, 7) is 9.19. The van der Waals surface area contributed by atoms with Crippen molar-refractivity contribution in [1.82, 2.24) is 10.6 Å². The smallest absolute Gasteiger partial charge is 0.219 e. The summed E-state index contributed by atoms with van der Waals surface area (Å²) in [5.74, 6) is 0.359. The van der Waals surface area contributed by atoms with Gasteiger partial charge >= 0.3 is 0 Å². The predicted octanol–water partition coefficient (Wildman–Crippen LogP) is 8.13. The van der Waals surface area contributed by atoms with Gasteiger partial charge < -0.3 is 24.7 Å². The van der Waals surface area contributed by atoms with Crippen LogP contribution in [0.15, 0.2) is 0 Å². The molecule has 0 bridgehead atoms. The van der Waals surface area contributed by atoms with Crippen LogP contribution in [0.5, 0.6) is 0 Å². The third-order valence-corrected chi connectivity index (χ3v) is 9.45. The largest absolute Gasteiger partial charge is 0.382 e. The molecule has 0 heterocycles. The molecular weight excluding hydrogens is 572 g/mol. The summed E-state index contributed by atoms with van der Waals surface area (Å²) in [6.07, 6.45) is 28.4. The highest BCUT2D eigenvalue weighted by Gasteiger charge is 2.26. The number of nitrogens with zero attached hydrogens (tertiary/aromatic N) is 2. The summed E-state index contributed by atoms with van der Waals surface area (Å²) in [7, 11) is 8.66. The number of carbonyl (C=O) groups excluding carboxylic acids is 2. The van der Waals surface area contributed by atoms with E-state index < -0.39 is 0 Å². The Balaban J connectivity index is 3.84. The SMILES string of the molecule is CCCCCCCCCCCCC(=O)NCCC[N+](C)(C)CC(O)C[N+](C)(C)CCCNC(=O)CCCCCCCCCCCC. The molecule has 0 aromatic heterocycles. The maximum atomic E-state index is 12.2. The number of rotatable bonds is 34. The van der Waals surface area contributed by atoms with Gasteiger partial charge in [-0.15, -0.1) is 0 Å². The molecule has 0 saturated heterocycles. The number of likely N-dealkylation sites (N-methyl/N-ethyl adjacent to an activating group) is 2. The van der Waals surface area contributed by atoms with Crippen molar-refractivity contribution >= 4 is 11.8 Å². The molecule has 0 aliphatic rings. The van der Waals surface area contributed by atoms with Gasteiger partial charge in [-0.2, -0.15) is 0 Å². The first-order chi connectivity index (χ1) is 22.0. The van der Waals surface area contributed by atoms with Gasteiger partial charge in [0.2, 0.25) is 11.8 Å². The minimum absolute atomic E-state index is 0.180. The highest BCUT2D eigenvalue weighted by molar-refractivity contribution is 5.76. The molecule has 0 atom stereocenters. The monoisotopic (exact) mass is 655 g/mol. The third-order valence-electron chi connectivity index (χ3n) is 9.45. The molecule has 0 aliphatic heterocycles. The molecule has 0 rings (SSSR count). The highest BCUT2D eigenvalue weighted by Crippen LogP contribution is 2.13. The second kappa shape index (κ2) is 29.9. The van der Waals surface area contributed by atoms with E-state index in [4.69, 9.17) is 0 Å². The van der Waals surface area contributed by atoms with Crippen LogP contribution in [0.3, 0.4) is 0 Å². The topological polar surface area (TPSA) is 78.4 Å². The summed E-state index contributed by atoms with van der Waals surface area (Å²) in [5.41, 5.74) is 0. The minimum atomic E-state index is -0.387. The van der Waals surface area contributed by atoms with E-state index in [9.17, 15) is 14.7 Å². The number of hydrogen-bond acceptors (Lipinski definition) is 3. The lowest BCUT2D eigenvalue weighted by molar-refractivity contribution is -0.914. The van der Waals surface area contributed by atoms with Crippen LogP contribution in [0.25, 0.3) is 0 Å². The van der Waals surface area contributed by atoms with Gasteiger partial charge in [-0.05, 0) is 12.8 Å². The summed E-state index contributed by atoms with van der Waals surface area (Å²) in [4.78, 5) is 24.4. The number of hydrogen-bond donors (Lipinski definition) is 3. The van der Waals surface area contributed by atoms with Crippen molar-refractivity contribution in [1.29, 1.82) is 0 Å². The highest BCUT2D eigenvalue weighted by atomic mass is 16.3. The zero-order valence-electron chi connectivity index (χ0n) is 31.9. The molecular formula is C39H82N4O3+2. The summed E-state index contributed by atoms with van der Waals surface area (Å²) in [5, 5.41) is 17.1. The van der Waals surface area contributed by atoms with Crippen LogP contribution in [-0.4, -0.2) is 99.5 Å². The van der Waals surface area contributed by atoms with Crippen LogP contribution in [0.4, 0.5) is 0 Å². The molecule has 0 radical (unpaired) electrons. The van der Waals surface area contributed by atoms with E-state index in [-0.39, 0.29) is 17.9 Å². The molecule has 0 aromatic rings. The van der Waals surface area contributed by atoms with E-state index in [1.165, 1.54) is 103 Å². The quantitative estimate of drug-likeness (QED) is 0.0484. The van der Waals surface area contributed by atoms with Crippen molar-refractivity contribution in [2.45, 2.75) is 174 Å². The Labute approximate surface area is 287 Å². The summed E-state index contributed by atoms with van der Waals surface area (Å²) in [6, 6.07) is 0. The molecule has 0 unspecified atom stereocenters. The Morgan fingerprint density at radius 2 is 0.761 bits per heavy atom. The van der Waals surface area contributed by atoms with Crippen molar-refractivity contribution in [2.24, 2.45) is 0 Å². The fourth-order valence-electron chi connectivity index (χ4n) is 6.57. The molecule has 2 amide bonds. The second-order valence-electron chi connectivity index (χ2n) is 15.6. The van der Waals surface area contributed by atoms with Crippen molar-refractivity contribution in [3.63, 3.8) is 0 Å². The Bertz CT molecular complexity index is 655. The Hall–Kier alpha value is -1.18. The van der Waals surface area contributed by atoms with Crippen LogP contribution in [0.1, 0.15) is 168 Å². The number of quaternary nitrogens is 2. The normalized spacial score (nSPS) is 12.2. The molecule has 0 aliphatic carbocycles. The van der Waals surface area contributed by atoms with E-state index in [0.717, 1.165) is 60.6 Å². The van der Waals surface area contributed by atoms with Gasteiger partial charge in [0.1, 0.15) is 13.1 Å². The fraction of sp³-hybridized carbons (Fsp3) is 0.949. The van der Waals surface area contributed by atoms with Crippen LogP contribution in [-0.2, 0) is 9.59 Å². The summed E-state index contributed by atoms with van der Waals surface area (Å²) >= 11 is 0. The number of unbranched alkanes of at least 4 members (excludes halogenated alkanes) is 18. The Morgan fingerprint density at radius 1 is 0.478 bits per heavy atom. The van der Waals surface area contributed by atoms with Crippen LogP contribution in [0, 0.1) is 0 Å². The average molecular weight is 655 g/mol. The lowest BCUT2D eigenvalue weighted by Gasteiger charge is -2.36. The molecule has 46 heavy (non-hydrogen) atoms. The van der Waals surface area contributed by atoms with E-state index in [1.807, 2.05) is 0 Å². The van der Waals surface area contributed by atoms with E-state index in [0.29, 0.717) is 39.0 Å². The lowest BCUT2D eigenvalue weighted by atomic mass is 10.1. The number of aliphatic hydroxyl groups is 1. The van der Waals surface area contributed by atoms with Gasteiger partial charge in [-0.25, -0.2) is 0 Å². The van der Waals surface area contributed by atoms with Crippen LogP contribution >= 0.6 is 0 Å². The summed E-state index contributed by atoms with van der Waals surface area (Å²) < 4.78 is 1.48. The van der Waals surface area contributed by atoms with Gasteiger partial charge in [0.05, 0.1) is 41.3 Å². The van der Waals surface area contributed by atoms with E-state index >= 15 is 0 Å². The van der Waals surface area contributed by atoms with Crippen LogP contribution < -0.4 is 10.6 Å². The molecule has 274 valence electrons. The molecule has 0 saturated carbocycles. The lowest BCUT2D eigenvalue weighted by Crippen LogP contribution is -2.53. The fourth-order valence-corrected chi connectivity index (χ4v) is 6.57. The van der Waals surface area contributed by atoms with E-state index in [2.05, 4.69) is 52.7 Å². The predicted molar refractivity (Wildman–Crippen MR) is 198 cm³/mol. The van der Waals surface area contributed by atoms with Gasteiger partial charge in [-0.1, -0.05) is 129 Å². The van der Waals surface area contributed by atoms with Crippen molar-refractivity contribution in [2.75, 3.05) is 67.5 Å². The number of aliphatic hydroxyl groups excluding tert-OH is 1. The maximum Gasteiger partial charge on any atom is 0.219 e. The molecule has 7 heteroatoms. The van der Waals surface area contributed by atoms with E-state index in [1.54, 1.807) is 0 Å². The third kappa shape index (κ3) is 31.4. The van der Waals surface area contributed by atoms with Crippen molar-refractivity contribution < 1.29 is 23.7 Å². The average Bonchev–Trinajstić information content (AvgIpc) is 2.99. The molecule has 0 fully saturated rings. The minimum Gasteiger partial charge on any atom is -0.382 e. The first-order valence-corrected chi connectivity index (χ1v) is 19.9.